The van der Waals surface area contributed by atoms with E-state index in [0.717, 1.165) is 0 Å². The van der Waals surface area contributed by atoms with Crippen molar-refractivity contribution in [2.24, 2.45) is 10.5 Å². The van der Waals surface area contributed by atoms with E-state index in [1.54, 1.807) is 6.92 Å². The Morgan fingerprint density at radius 3 is 2.75 bits per heavy atom. The molecule has 1 aliphatic rings. The van der Waals surface area contributed by atoms with Crippen molar-refractivity contribution in [1.82, 2.24) is 0 Å². The molecule has 1 aromatic rings. The quantitative estimate of drug-likeness (QED) is 0.477. The van der Waals surface area contributed by atoms with E-state index in [9.17, 15) is 9.18 Å². The molecule has 0 spiro atoms. The number of rotatable bonds is 3. The van der Waals surface area contributed by atoms with E-state index in [1.165, 1.54) is 34.7 Å². The molecule has 104 valence electrons. The first-order valence-electron chi connectivity index (χ1n) is 5.91. The van der Waals surface area contributed by atoms with E-state index in [1.807, 2.05) is 0 Å². The van der Waals surface area contributed by atoms with Gasteiger partial charge in [-0.25, -0.2) is 4.39 Å². The van der Waals surface area contributed by atoms with Gasteiger partial charge in [0.15, 0.2) is 0 Å². The molecule has 5 nitrogen and oxygen atoms in total. The minimum atomic E-state index is -0.956. The number of hydrogen-bond acceptors (Lipinski definition) is 2. The lowest BCUT2D eigenvalue weighted by Gasteiger charge is -2.21. The summed E-state index contributed by atoms with van der Waals surface area (Å²) in [6.07, 6.45) is 0. The van der Waals surface area contributed by atoms with E-state index in [4.69, 9.17) is 17.1 Å². The van der Waals surface area contributed by atoms with Gasteiger partial charge in [0, 0.05) is 29.2 Å². The molecule has 0 aliphatic carbocycles. The predicted octanol–water partition coefficient (Wildman–Crippen LogP) is 3.61. The molecular weight excluding hydrogens is 283 g/mol. The fraction of sp³-hybridized carbons (Fsp3) is 0.308. The van der Waals surface area contributed by atoms with Gasteiger partial charge in [0.1, 0.15) is 5.82 Å². The van der Waals surface area contributed by atoms with Gasteiger partial charge in [-0.15, -0.1) is 0 Å². The molecule has 1 atom stereocenters. The third kappa shape index (κ3) is 2.35. The molecule has 0 radical (unpaired) electrons. The molecule has 20 heavy (non-hydrogen) atoms. The fourth-order valence-electron chi connectivity index (χ4n) is 2.18. The summed E-state index contributed by atoms with van der Waals surface area (Å²) < 4.78 is 12.9. The second-order valence-corrected chi connectivity index (χ2v) is 4.94. The van der Waals surface area contributed by atoms with Gasteiger partial charge >= 0.3 is 0 Å². The second-order valence-electron chi connectivity index (χ2n) is 4.72. The van der Waals surface area contributed by atoms with Crippen molar-refractivity contribution in [3.8, 4) is 0 Å². The Labute approximate surface area is 120 Å². The van der Waals surface area contributed by atoms with Crippen LogP contribution in [0.5, 0.6) is 0 Å². The lowest BCUT2D eigenvalue weighted by atomic mass is 9.85. The van der Waals surface area contributed by atoms with Crippen molar-refractivity contribution in [3.63, 3.8) is 0 Å². The van der Waals surface area contributed by atoms with Crippen LogP contribution in [-0.4, -0.2) is 19.0 Å². The SMILES string of the molecule is CC1(CN=[N+]=[N-])C(=O)N(c2ccc(F)cc2)CC1=CCl. The number of carbonyl (C=O) groups is 1. The summed E-state index contributed by atoms with van der Waals surface area (Å²) in [7, 11) is 0. The van der Waals surface area contributed by atoms with Crippen LogP contribution < -0.4 is 4.90 Å². The average molecular weight is 295 g/mol. The van der Waals surface area contributed by atoms with Crippen LogP contribution in [0.4, 0.5) is 10.1 Å². The Balaban J connectivity index is 2.38. The number of amides is 1. The van der Waals surface area contributed by atoms with Gasteiger partial charge in [-0.1, -0.05) is 16.7 Å². The van der Waals surface area contributed by atoms with E-state index in [-0.39, 0.29) is 18.3 Å². The summed E-state index contributed by atoms with van der Waals surface area (Å²) in [5.74, 6) is -0.589. The number of anilines is 1. The van der Waals surface area contributed by atoms with Crippen LogP contribution in [0.15, 0.2) is 40.5 Å². The highest BCUT2D eigenvalue weighted by atomic mass is 35.5. The van der Waals surface area contributed by atoms with Crippen molar-refractivity contribution in [1.29, 1.82) is 0 Å². The second kappa shape index (κ2) is 5.53. The molecule has 2 rings (SSSR count). The van der Waals surface area contributed by atoms with Gasteiger partial charge in [-0.2, -0.15) is 0 Å². The molecule has 0 aromatic heterocycles. The molecule has 0 bridgehead atoms. The molecule has 7 heteroatoms. The number of carbonyl (C=O) groups excluding carboxylic acids is 1. The zero-order valence-corrected chi connectivity index (χ0v) is 11.5. The molecule has 1 fully saturated rings. The standard InChI is InChI=1S/C13H12ClFN4O/c1-13(8-17-18-16)9(6-14)7-19(12(13)20)11-4-2-10(15)3-5-11/h2-6H,7-8H2,1H3. The monoisotopic (exact) mass is 294 g/mol. The zero-order chi connectivity index (χ0) is 14.8. The van der Waals surface area contributed by atoms with Gasteiger partial charge < -0.3 is 4.90 Å². The molecule has 0 saturated carbocycles. The predicted molar refractivity (Wildman–Crippen MR) is 74.8 cm³/mol. The lowest BCUT2D eigenvalue weighted by Crippen LogP contribution is -2.34. The molecule has 0 N–H and O–H groups in total. The Hall–Kier alpha value is -2.04. The molecule has 1 aliphatic heterocycles. The molecule has 1 heterocycles. The van der Waals surface area contributed by atoms with Crippen LogP contribution in [0.2, 0.25) is 0 Å². The minimum Gasteiger partial charge on any atom is -0.308 e. The highest BCUT2D eigenvalue weighted by molar-refractivity contribution is 6.26. The summed E-state index contributed by atoms with van der Waals surface area (Å²) >= 11 is 5.78. The maximum Gasteiger partial charge on any atom is 0.237 e. The first-order chi connectivity index (χ1) is 9.52. The summed E-state index contributed by atoms with van der Waals surface area (Å²) in [5.41, 5.74) is 10.1. The lowest BCUT2D eigenvalue weighted by molar-refractivity contribution is -0.123. The summed E-state index contributed by atoms with van der Waals surface area (Å²) in [6, 6.07) is 5.63. The number of nitrogens with zero attached hydrogens (tertiary/aromatic N) is 4. The Kier molecular flexibility index (Phi) is 3.97. The zero-order valence-electron chi connectivity index (χ0n) is 10.8. The van der Waals surface area contributed by atoms with Crippen molar-refractivity contribution in [3.05, 3.63) is 51.6 Å². The fourth-order valence-corrected chi connectivity index (χ4v) is 2.49. The van der Waals surface area contributed by atoms with E-state index >= 15 is 0 Å². The molecule has 1 aromatic carbocycles. The normalized spacial score (nSPS) is 24.1. The van der Waals surface area contributed by atoms with Crippen molar-refractivity contribution >= 4 is 23.2 Å². The maximum absolute atomic E-state index is 12.9. The van der Waals surface area contributed by atoms with Gasteiger partial charge in [0.2, 0.25) is 5.91 Å². The third-order valence-corrected chi connectivity index (χ3v) is 3.74. The summed E-state index contributed by atoms with van der Waals surface area (Å²) in [4.78, 5) is 16.7. The van der Waals surface area contributed by atoms with Crippen LogP contribution in [0.3, 0.4) is 0 Å². The van der Waals surface area contributed by atoms with Gasteiger partial charge in [-0.05, 0) is 42.3 Å². The smallest absolute Gasteiger partial charge is 0.237 e. The summed E-state index contributed by atoms with van der Waals surface area (Å²) in [6.45, 7) is 1.98. The minimum absolute atomic E-state index is 0.00141. The van der Waals surface area contributed by atoms with Crippen LogP contribution in [-0.2, 0) is 4.79 Å². The largest absolute Gasteiger partial charge is 0.308 e. The number of azide groups is 1. The highest BCUT2D eigenvalue weighted by Gasteiger charge is 2.46. The molecule has 1 unspecified atom stereocenters. The number of hydrogen-bond donors (Lipinski definition) is 0. The molecule has 1 saturated heterocycles. The van der Waals surface area contributed by atoms with Crippen molar-refractivity contribution in [2.75, 3.05) is 18.0 Å². The Morgan fingerprint density at radius 1 is 1.55 bits per heavy atom. The summed E-state index contributed by atoms with van der Waals surface area (Å²) in [5, 5.41) is 3.49. The Bertz CT molecular complexity index is 609. The van der Waals surface area contributed by atoms with Gasteiger partial charge in [0.25, 0.3) is 0 Å². The van der Waals surface area contributed by atoms with Crippen LogP contribution in [0, 0.1) is 11.2 Å². The van der Waals surface area contributed by atoms with Gasteiger partial charge in [0.05, 0.1) is 5.41 Å². The average Bonchev–Trinajstić information content (AvgIpc) is 2.70. The third-order valence-electron chi connectivity index (χ3n) is 3.47. The van der Waals surface area contributed by atoms with Gasteiger partial charge in [-0.3, -0.25) is 4.79 Å². The van der Waals surface area contributed by atoms with Crippen LogP contribution >= 0.6 is 11.6 Å². The van der Waals surface area contributed by atoms with E-state index in [2.05, 4.69) is 10.0 Å². The topological polar surface area (TPSA) is 69.1 Å². The number of benzene rings is 1. The van der Waals surface area contributed by atoms with Crippen LogP contribution in [0.25, 0.3) is 10.4 Å². The van der Waals surface area contributed by atoms with E-state index in [0.29, 0.717) is 17.8 Å². The van der Waals surface area contributed by atoms with Crippen LogP contribution in [0.1, 0.15) is 6.92 Å². The van der Waals surface area contributed by atoms with Crippen molar-refractivity contribution in [2.45, 2.75) is 6.92 Å². The van der Waals surface area contributed by atoms with E-state index < -0.39 is 5.41 Å². The first kappa shape index (κ1) is 14.4. The van der Waals surface area contributed by atoms with Crippen molar-refractivity contribution < 1.29 is 9.18 Å². The first-order valence-corrected chi connectivity index (χ1v) is 6.34. The Morgan fingerprint density at radius 2 is 2.20 bits per heavy atom. The molecular formula is C13H12ClFN4O. The highest BCUT2D eigenvalue weighted by Crippen LogP contribution is 2.39. The maximum atomic E-state index is 12.9. The number of halogens is 2. The molecule has 1 amide bonds.